The Bertz CT molecular complexity index is 1150. The first-order valence-electron chi connectivity index (χ1n) is 8.72. The monoisotopic (exact) mass is 410 g/mol. The molecule has 0 aliphatic heterocycles. The molecule has 7 heteroatoms. The molecule has 0 radical (unpaired) electrons. The number of hydrogen-bond donors (Lipinski definition) is 1. The molecular weight excluding hydrogens is 392 g/mol. The van der Waals surface area contributed by atoms with E-state index in [4.69, 9.17) is 4.42 Å². The normalized spacial score (nSPS) is 12.6. The molecule has 142 valence electrons. The molecule has 1 unspecified atom stereocenters. The van der Waals surface area contributed by atoms with E-state index in [9.17, 15) is 8.42 Å². The van der Waals surface area contributed by atoms with Crippen molar-refractivity contribution in [3.05, 3.63) is 83.7 Å². The lowest BCUT2D eigenvalue weighted by Crippen LogP contribution is -2.10. The molecule has 1 atom stereocenters. The third-order valence-corrected chi connectivity index (χ3v) is 6.82. The van der Waals surface area contributed by atoms with Crippen molar-refractivity contribution in [1.82, 2.24) is 4.98 Å². The zero-order chi connectivity index (χ0) is 19.6. The second-order valence-electron chi connectivity index (χ2n) is 6.22. The fraction of sp³-hybridized carbons (Fsp3) is 0.0952. The van der Waals surface area contributed by atoms with Crippen molar-refractivity contribution in [1.29, 1.82) is 0 Å². The molecule has 0 fully saturated rings. The Morgan fingerprint density at radius 2 is 1.64 bits per heavy atom. The van der Waals surface area contributed by atoms with Crippen LogP contribution < -0.4 is 5.32 Å². The number of rotatable bonds is 6. The lowest BCUT2D eigenvalue weighted by Gasteiger charge is -2.14. The largest absolute Gasteiger partial charge is 0.418 e. The molecule has 5 nitrogen and oxygen atoms in total. The van der Waals surface area contributed by atoms with E-state index in [1.807, 2.05) is 54.8 Å². The lowest BCUT2D eigenvalue weighted by atomic mass is 10.1. The molecule has 0 spiro atoms. The molecule has 0 aliphatic carbocycles. The van der Waals surface area contributed by atoms with Crippen LogP contribution in [0.4, 0.5) is 5.88 Å². The highest BCUT2D eigenvalue weighted by Gasteiger charge is 2.29. The first-order chi connectivity index (χ1) is 13.6. The molecule has 4 rings (SSSR count). The van der Waals surface area contributed by atoms with Crippen molar-refractivity contribution in [2.45, 2.75) is 22.9 Å². The zero-order valence-electron chi connectivity index (χ0n) is 15.1. The molecule has 2 heterocycles. The molecule has 0 amide bonds. The predicted octanol–water partition coefficient (Wildman–Crippen LogP) is 5.41. The highest BCUT2D eigenvalue weighted by Crippen LogP contribution is 2.35. The molecule has 0 aliphatic rings. The summed E-state index contributed by atoms with van der Waals surface area (Å²) in [5.74, 6) is 0.427. The van der Waals surface area contributed by atoms with Gasteiger partial charge in [-0.05, 0) is 36.1 Å². The van der Waals surface area contributed by atoms with E-state index in [-0.39, 0.29) is 27.7 Å². The van der Waals surface area contributed by atoms with E-state index >= 15 is 0 Å². The summed E-state index contributed by atoms with van der Waals surface area (Å²) in [4.78, 5) is 5.29. The van der Waals surface area contributed by atoms with Crippen molar-refractivity contribution in [3.8, 4) is 10.8 Å². The van der Waals surface area contributed by atoms with Crippen LogP contribution in [0.5, 0.6) is 0 Å². The summed E-state index contributed by atoms with van der Waals surface area (Å²) in [7, 11) is -3.83. The summed E-state index contributed by atoms with van der Waals surface area (Å²) < 4.78 is 32.3. The summed E-state index contributed by atoms with van der Waals surface area (Å²) in [5, 5.41) is 4.97. The van der Waals surface area contributed by atoms with Gasteiger partial charge in [0.15, 0.2) is 0 Å². The number of anilines is 1. The van der Waals surface area contributed by atoms with Gasteiger partial charge in [-0.1, -0.05) is 54.6 Å². The van der Waals surface area contributed by atoms with Crippen LogP contribution >= 0.6 is 11.3 Å². The fourth-order valence-corrected chi connectivity index (χ4v) is 4.75. The molecule has 0 bridgehead atoms. The maximum absolute atomic E-state index is 13.2. The minimum absolute atomic E-state index is 0.107. The van der Waals surface area contributed by atoms with Crippen LogP contribution in [0.3, 0.4) is 0 Å². The SMILES string of the molecule is CC(Nc1oc(-c2cccs2)nc1S(=O)(=O)c1ccccc1)c1ccccc1. The van der Waals surface area contributed by atoms with Gasteiger partial charge in [0.25, 0.3) is 0 Å². The number of nitrogens with one attached hydrogen (secondary N) is 1. The van der Waals surface area contributed by atoms with Gasteiger partial charge in [0.1, 0.15) is 0 Å². The maximum atomic E-state index is 13.2. The molecule has 0 saturated heterocycles. The van der Waals surface area contributed by atoms with Gasteiger partial charge in [0, 0.05) is 0 Å². The average molecular weight is 411 g/mol. The highest BCUT2D eigenvalue weighted by molar-refractivity contribution is 7.91. The number of nitrogens with zero attached hydrogens (tertiary/aromatic N) is 1. The topological polar surface area (TPSA) is 72.2 Å². The van der Waals surface area contributed by atoms with Gasteiger partial charge in [0.05, 0.1) is 15.8 Å². The Morgan fingerprint density at radius 1 is 0.964 bits per heavy atom. The van der Waals surface area contributed by atoms with Crippen molar-refractivity contribution in [2.75, 3.05) is 5.32 Å². The van der Waals surface area contributed by atoms with Gasteiger partial charge in [-0.25, -0.2) is 8.42 Å². The number of thiophene rings is 1. The third kappa shape index (κ3) is 3.58. The first kappa shape index (κ1) is 18.5. The molecule has 28 heavy (non-hydrogen) atoms. The lowest BCUT2D eigenvalue weighted by molar-refractivity contribution is 0.571. The summed E-state index contributed by atoms with van der Waals surface area (Å²) >= 11 is 1.44. The van der Waals surface area contributed by atoms with E-state index in [2.05, 4.69) is 10.3 Å². The second kappa shape index (κ2) is 7.61. The summed E-state index contributed by atoms with van der Waals surface area (Å²) in [6.45, 7) is 1.95. The van der Waals surface area contributed by atoms with Crippen molar-refractivity contribution >= 4 is 27.1 Å². The summed E-state index contributed by atoms with van der Waals surface area (Å²) in [6.07, 6.45) is 0. The third-order valence-electron chi connectivity index (χ3n) is 4.28. The highest BCUT2D eigenvalue weighted by atomic mass is 32.2. The number of aromatic nitrogens is 1. The van der Waals surface area contributed by atoms with Gasteiger partial charge < -0.3 is 9.73 Å². The molecule has 2 aromatic heterocycles. The van der Waals surface area contributed by atoms with E-state index in [0.29, 0.717) is 0 Å². The molecule has 1 N–H and O–H groups in total. The van der Waals surface area contributed by atoms with Gasteiger partial charge in [-0.3, -0.25) is 0 Å². The molecule has 0 saturated carbocycles. The Hall–Kier alpha value is -2.90. The van der Waals surface area contributed by atoms with Crippen LogP contribution in [-0.4, -0.2) is 13.4 Å². The van der Waals surface area contributed by atoms with E-state index in [0.717, 1.165) is 10.4 Å². The summed E-state index contributed by atoms with van der Waals surface area (Å²) in [5.41, 5.74) is 1.01. The first-order valence-corrected chi connectivity index (χ1v) is 11.1. The van der Waals surface area contributed by atoms with Gasteiger partial charge in [-0.2, -0.15) is 4.98 Å². The number of oxazole rings is 1. The Morgan fingerprint density at radius 3 is 2.29 bits per heavy atom. The molecular formula is C21H18N2O3S2. The number of sulfone groups is 1. The Labute approximate surface area is 167 Å². The van der Waals surface area contributed by atoms with Crippen molar-refractivity contribution in [2.24, 2.45) is 0 Å². The van der Waals surface area contributed by atoms with E-state index in [1.165, 1.54) is 11.3 Å². The van der Waals surface area contributed by atoms with Crippen LogP contribution in [0.2, 0.25) is 0 Å². The molecule has 2 aromatic carbocycles. The maximum Gasteiger partial charge on any atom is 0.240 e. The van der Waals surface area contributed by atoms with Crippen molar-refractivity contribution < 1.29 is 12.8 Å². The quantitative estimate of drug-likeness (QED) is 0.460. The van der Waals surface area contributed by atoms with Crippen LogP contribution in [0.15, 0.2) is 92.5 Å². The molecule has 4 aromatic rings. The smallest absolute Gasteiger partial charge is 0.240 e. The Balaban J connectivity index is 1.78. The fourth-order valence-electron chi connectivity index (χ4n) is 2.82. The number of hydrogen-bond acceptors (Lipinski definition) is 6. The van der Waals surface area contributed by atoms with Crippen LogP contribution in [0, 0.1) is 0 Å². The van der Waals surface area contributed by atoms with Crippen molar-refractivity contribution in [3.63, 3.8) is 0 Å². The second-order valence-corrected chi connectivity index (χ2v) is 9.04. The minimum Gasteiger partial charge on any atom is -0.418 e. The zero-order valence-corrected chi connectivity index (χ0v) is 16.7. The predicted molar refractivity (Wildman–Crippen MR) is 110 cm³/mol. The average Bonchev–Trinajstić information content (AvgIpc) is 3.39. The standard InChI is InChI=1S/C21H18N2O3S2/c1-15(16-9-4-2-5-10-16)22-20-21(23-19(26-20)18-13-8-14-27-18)28(24,25)17-11-6-3-7-12-17/h2-15,22H,1H3. The van der Waals surface area contributed by atoms with Gasteiger partial charge >= 0.3 is 0 Å². The van der Waals surface area contributed by atoms with Crippen LogP contribution in [0.25, 0.3) is 10.8 Å². The Kier molecular flexibility index (Phi) is 5.02. The van der Waals surface area contributed by atoms with Gasteiger partial charge in [-0.15, -0.1) is 11.3 Å². The van der Waals surface area contributed by atoms with Crippen LogP contribution in [0.1, 0.15) is 18.5 Å². The van der Waals surface area contributed by atoms with E-state index in [1.54, 1.807) is 30.3 Å². The minimum atomic E-state index is -3.83. The van der Waals surface area contributed by atoms with Gasteiger partial charge in [0.2, 0.25) is 26.6 Å². The van der Waals surface area contributed by atoms with Crippen LogP contribution in [-0.2, 0) is 9.84 Å². The van der Waals surface area contributed by atoms with E-state index < -0.39 is 9.84 Å². The number of benzene rings is 2. The summed E-state index contributed by atoms with van der Waals surface area (Å²) in [6, 6.07) is 21.6.